The maximum absolute atomic E-state index is 14.1. The van der Waals surface area contributed by atoms with Crippen LogP contribution in [0.15, 0.2) is 44.2 Å². The summed E-state index contributed by atoms with van der Waals surface area (Å²) >= 11 is 0. The zero-order valence-corrected chi connectivity index (χ0v) is 49.7. The van der Waals surface area contributed by atoms with Crippen molar-refractivity contribution in [1.29, 1.82) is 0 Å². The van der Waals surface area contributed by atoms with Gasteiger partial charge in [-0.2, -0.15) is 0 Å². The van der Waals surface area contributed by atoms with E-state index < -0.39 is 132 Å². The van der Waals surface area contributed by atoms with E-state index in [4.69, 9.17) is 51.6 Å². The van der Waals surface area contributed by atoms with Crippen molar-refractivity contribution in [3.8, 4) is 5.75 Å². The summed E-state index contributed by atoms with van der Waals surface area (Å²) in [5.41, 5.74) is 50.2. The number of amides is 10. The molecular formula is C51H89N23O13. The SMILES string of the molecule is C[C@H](NC(=O)[C@H](CCCN=C(N)N)NC(=O)[C@H](C)NC(=O)[C@H](C)NC(=O)[C@H](CCCN=C(N)N)NC(=O)[C@H](CCCN=C(N)N)NC(=O)[C@H](C)NC(=O)[C@H](C)NC(=O)[C@H](CCCN=C(N)N)NC(=O)[C@H](C)NC(=O)[C@@H](N)Cc1ccc(O)cc1)C(=O)O. The number of rotatable bonds is 39. The number of aliphatic carboxylic acids is 1. The molecule has 0 aliphatic rings. The standard InChI is InChI=1S/C51H89N23O13/c1-24(68-43(82)33(11-7-19-61-48(53)54)71-41(80)28(5)67-42(81)32(52)23-30-15-17-31(75)18-16-30)37(76)66-27(4)40(79)73-36(14-10-22-64-51(59)60)46(85)74-35(13-9-21-63-50(57)58)44(83)69-25(2)38(77)65-26(3)39(78)72-34(12-8-20-62-49(55)56)45(84)70-29(6)47(86)87/h15-18,24-29,32-36,75H,7-14,19-23,52H2,1-6H3,(H,65,77)(H,66,76)(H,67,81)(H,68,82)(H,69,83)(H,70,84)(H,71,80)(H,72,78)(H,73,79)(H,74,85)(H,86,87)(H4,53,54,61)(H4,55,56,62)(H4,57,58,63)(H4,59,60,64)/t24-,25-,26-,27-,28-,29-,32-,33-,34-,35-,36-/m0/s1. The molecule has 0 saturated heterocycles. The number of nitrogens with two attached hydrogens (primary N) is 9. The topological polar surface area (TPSA) is 632 Å². The number of carboxylic acids is 1. The second kappa shape index (κ2) is 39.0. The number of carbonyl (C=O) groups excluding carboxylic acids is 10. The molecule has 36 nitrogen and oxygen atoms in total. The molecule has 486 valence electrons. The monoisotopic (exact) mass is 1230 g/mol. The first kappa shape index (κ1) is 75.2. The first-order valence-corrected chi connectivity index (χ1v) is 27.7. The smallest absolute Gasteiger partial charge is 0.325 e. The Bertz CT molecular complexity index is 2620. The molecule has 0 saturated carbocycles. The molecule has 11 atom stereocenters. The third-order valence-electron chi connectivity index (χ3n) is 12.5. The Hall–Kier alpha value is -9.77. The van der Waals surface area contributed by atoms with Gasteiger partial charge in [-0.25, -0.2) is 0 Å². The summed E-state index contributed by atoms with van der Waals surface area (Å²) in [6.07, 6.45) is 0.287. The largest absolute Gasteiger partial charge is 0.508 e. The normalized spacial score (nSPS) is 14.5. The van der Waals surface area contributed by atoms with Crippen LogP contribution in [0, 0.1) is 0 Å². The number of benzene rings is 1. The number of aliphatic imine (C=N–C) groups is 4. The molecule has 1 aromatic rings. The van der Waals surface area contributed by atoms with Gasteiger partial charge in [0.25, 0.3) is 0 Å². The molecule has 0 unspecified atom stereocenters. The molecule has 10 amide bonds. The lowest BCUT2D eigenvalue weighted by Crippen LogP contribution is -2.59. The molecule has 0 aliphatic heterocycles. The van der Waals surface area contributed by atoms with Gasteiger partial charge >= 0.3 is 5.97 Å². The molecule has 30 N–H and O–H groups in total. The summed E-state index contributed by atoms with van der Waals surface area (Å²) in [5, 5.41) is 43.6. The van der Waals surface area contributed by atoms with Crippen LogP contribution in [-0.2, 0) is 59.2 Å². The van der Waals surface area contributed by atoms with Gasteiger partial charge in [-0.05, 0) is 117 Å². The zero-order valence-electron chi connectivity index (χ0n) is 49.7. The van der Waals surface area contributed by atoms with Crippen LogP contribution in [0.25, 0.3) is 0 Å². The summed E-state index contributed by atoms with van der Waals surface area (Å²) in [6.45, 7) is 7.83. The minimum Gasteiger partial charge on any atom is -0.508 e. The van der Waals surface area contributed by atoms with Crippen molar-refractivity contribution in [2.45, 2.75) is 166 Å². The second-order valence-corrected chi connectivity index (χ2v) is 20.2. The predicted molar refractivity (Wildman–Crippen MR) is 320 cm³/mol. The van der Waals surface area contributed by atoms with E-state index in [1.807, 2.05) is 0 Å². The van der Waals surface area contributed by atoms with Gasteiger partial charge in [0.05, 0.1) is 6.04 Å². The molecule has 1 rings (SSSR count). The van der Waals surface area contributed by atoms with Gasteiger partial charge in [-0.3, -0.25) is 72.7 Å². The number of nitrogens with one attached hydrogen (secondary N) is 10. The number of carboxylic acid groups (broad SMARTS) is 1. The fourth-order valence-corrected chi connectivity index (χ4v) is 7.56. The third kappa shape index (κ3) is 31.1. The zero-order chi connectivity index (χ0) is 66.1. The number of phenolic OH excluding ortho intramolecular Hbond substituents is 1. The number of carbonyl (C=O) groups is 11. The molecule has 0 bridgehead atoms. The predicted octanol–water partition coefficient (Wildman–Crippen LogP) is -8.47. The summed E-state index contributed by atoms with van der Waals surface area (Å²) in [4.78, 5) is 162. The van der Waals surface area contributed by atoms with E-state index in [2.05, 4.69) is 73.1 Å². The number of guanidine groups is 4. The van der Waals surface area contributed by atoms with Gasteiger partial charge in [0, 0.05) is 26.2 Å². The van der Waals surface area contributed by atoms with E-state index in [9.17, 15) is 63.0 Å². The average molecular weight is 1230 g/mol. The molecule has 1 aromatic carbocycles. The van der Waals surface area contributed by atoms with Crippen LogP contribution in [0.5, 0.6) is 5.75 Å². The highest BCUT2D eigenvalue weighted by atomic mass is 16.4. The minimum absolute atomic E-state index is 0.00428. The van der Waals surface area contributed by atoms with Crippen molar-refractivity contribution >= 4 is 88.9 Å². The second-order valence-electron chi connectivity index (χ2n) is 20.2. The Morgan fingerprint density at radius 1 is 0.368 bits per heavy atom. The number of hydrogen-bond acceptors (Lipinski definition) is 17. The van der Waals surface area contributed by atoms with Crippen molar-refractivity contribution < 1.29 is 63.0 Å². The Morgan fingerprint density at radius 3 is 0.874 bits per heavy atom. The van der Waals surface area contributed by atoms with Gasteiger partial charge in [-0.15, -0.1) is 0 Å². The van der Waals surface area contributed by atoms with Crippen molar-refractivity contribution in [3.63, 3.8) is 0 Å². The molecule has 0 fully saturated rings. The van der Waals surface area contributed by atoms with E-state index in [-0.39, 0.29) is 114 Å². The molecule has 36 heteroatoms. The molecule has 0 heterocycles. The molecule has 0 spiro atoms. The maximum Gasteiger partial charge on any atom is 0.325 e. The van der Waals surface area contributed by atoms with Gasteiger partial charge in [0.1, 0.15) is 66.2 Å². The Morgan fingerprint density at radius 2 is 0.598 bits per heavy atom. The minimum atomic E-state index is -1.42. The van der Waals surface area contributed by atoms with E-state index in [0.29, 0.717) is 5.56 Å². The highest BCUT2D eigenvalue weighted by Gasteiger charge is 2.33. The summed E-state index contributed by atoms with van der Waals surface area (Å²) < 4.78 is 0. The fraction of sp³-hybridized carbons (Fsp3) is 0.588. The average Bonchev–Trinajstić information content (AvgIpc) is 3.65. The lowest BCUT2D eigenvalue weighted by molar-refractivity contribution is -0.141. The Balaban J connectivity index is 3.25. The Labute approximate surface area is 502 Å². The van der Waals surface area contributed by atoms with Crippen molar-refractivity contribution in [2.75, 3.05) is 26.2 Å². The molecule has 0 aliphatic carbocycles. The molecular weight excluding hydrogens is 1140 g/mol. The van der Waals surface area contributed by atoms with Crippen LogP contribution in [0.4, 0.5) is 0 Å². The lowest BCUT2D eigenvalue weighted by Gasteiger charge is -2.26. The fourth-order valence-electron chi connectivity index (χ4n) is 7.56. The van der Waals surface area contributed by atoms with E-state index in [1.54, 1.807) is 12.1 Å². The van der Waals surface area contributed by atoms with Crippen molar-refractivity contribution in [2.24, 2.45) is 71.6 Å². The highest BCUT2D eigenvalue weighted by molar-refractivity contribution is 5.98. The summed E-state index contributed by atoms with van der Waals surface area (Å²) in [5.74, 6) is -10.8. The first-order valence-electron chi connectivity index (χ1n) is 27.7. The summed E-state index contributed by atoms with van der Waals surface area (Å²) in [6, 6.07) is -8.42. The van der Waals surface area contributed by atoms with Crippen LogP contribution in [0.2, 0.25) is 0 Å². The van der Waals surface area contributed by atoms with E-state index in [1.165, 1.54) is 53.7 Å². The van der Waals surface area contributed by atoms with Crippen LogP contribution in [0.3, 0.4) is 0 Å². The van der Waals surface area contributed by atoms with Gasteiger partial charge in [0.2, 0.25) is 59.1 Å². The molecule has 0 aromatic heterocycles. The van der Waals surface area contributed by atoms with Gasteiger partial charge in [0.15, 0.2) is 23.8 Å². The van der Waals surface area contributed by atoms with Gasteiger partial charge in [-0.1, -0.05) is 12.1 Å². The number of hydrogen-bond donors (Lipinski definition) is 21. The lowest BCUT2D eigenvalue weighted by atomic mass is 10.1. The highest BCUT2D eigenvalue weighted by Crippen LogP contribution is 2.12. The molecule has 87 heavy (non-hydrogen) atoms. The van der Waals surface area contributed by atoms with Crippen LogP contribution in [0.1, 0.15) is 98.5 Å². The van der Waals surface area contributed by atoms with E-state index in [0.717, 1.165) is 0 Å². The first-order chi connectivity index (χ1) is 40.7. The maximum atomic E-state index is 14.1. The number of aromatic hydroxyl groups is 1. The van der Waals surface area contributed by atoms with Gasteiger partial charge < -0.3 is 115 Å². The quantitative estimate of drug-likeness (QED) is 0.0165. The van der Waals surface area contributed by atoms with Crippen molar-refractivity contribution in [3.05, 3.63) is 29.8 Å². The molecule has 0 radical (unpaired) electrons. The number of nitrogens with zero attached hydrogens (tertiary/aromatic N) is 4. The van der Waals surface area contributed by atoms with Crippen LogP contribution in [-0.4, -0.2) is 192 Å². The van der Waals surface area contributed by atoms with Crippen LogP contribution >= 0.6 is 0 Å². The number of phenols is 1. The Kier molecular flexibility index (Phi) is 33.7. The summed E-state index contributed by atoms with van der Waals surface area (Å²) in [7, 11) is 0. The van der Waals surface area contributed by atoms with Crippen molar-refractivity contribution in [1.82, 2.24) is 53.2 Å². The van der Waals surface area contributed by atoms with E-state index >= 15 is 0 Å². The van der Waals surface area contributed by atoms with Crippen LogP contribution < -0.4 is 105 Å². The third-order valence-corrected chi connectivity index (χ3v) is 12.5.